The van der Waals surface area contributed by atoms with Crippen molar-refractivity contribution >= 4 is 32.3 Å². The largest absolute Gasteiger partial charge is 0.418 e. The van der Waals surface area contributed by atoms with E-state index in [4.69, 9.17) is 0 Å². The van der Waals surface area contributed by atoms with Crippen molar-refractivity contribution in [3.63, 3.8) is 0 Å². The van der Waals surface area contributed by atoms with Gasteiger partial charge in [0.25, 0.3) is 0 Å². The van der Waals surface area contributed by atoms with Crippen molar-refractivity contribution in [2.24, 2.45) is 0 Å². The minimum Gasteiger partial charge on any atom is -0.367 e. The van der Waals surface area contributed by atoms with Gasteiger partial charge in [-0.3, -0.25) is 0 Å². The molecular formula is C17H22F3N5O2S2. The molecule has 2 aromatic rings. The number of hydrogen-bond donors (Lipinski definition) is 2. The Balaban J connectivity index is 1.87. The van der Waals surface area contributed by atoms with E-state index >= 15 is 0 Å². The predicted molar refractivity (Wildman–Crippen MR) is 108 cm³/mol. The molecular weight excluding hydrogens is 427 g/mol. The first kappa shape index (κ1) is 21.8. The van der Waals surface area contributed by atoms with Crippen molar-refractivity contribution < 1.29 is 21.6 Å². The third-order valence-electron chi connectivity index (χ3n) is 4.74. The average molecular weight is 450 g/mol. The minimum absolute atomic E-state index is 0.0278. The molecule has 7 nitrogen and oxygen atoms in total. The lowest BCUT2D eigenvalue weighted by molar-refractivity contribution is -0.137. The first-order chi connectivity index (χ1) is 13.5. The number of sulfonamides is 1. The van der Waals surface area contributed by atoms with Gasteiger partial charge in [-0.25, -0.2) is 22.7 Å². The van der Waals surface area contributed by atoms with Gasteiger partial charge in [0.1, 0.15) is 5.82 Å². The second-order valence-corrected chi connectivity index (χ2v) is 9.86. The first-order valence-corrected chi connectivity index (χ1v) is 11.6. The molecule has 2 N–H and O–H groups in total. The van der Waals surface area contributed by atoms with Crippen LogP contribution in [0.1, 0.15) is 24.1 Å². The number of halogens is 3. The summed E-state index contributed by atoms with van der Waals surface area (Å²) in [6, 6.07) is 1.33. The van der Waals surface area contributed by atoms with E-state index in [9.17, 15) is 21.6 Å². The van der Waals surface area contributed by atoms with Crippen molar-refractivity contribution in [1.29, 1.82) is 0 Å². The van der Waals surface area contributed by atoms with E-state index in [1.807, 2.05) is 0 Å². The van der Waals surface area contributed by atoms with Crippen LogP contribution in [0.5, 0.6) is 0 Å². The molecule has 29 heavy (non-hydrogen) atoms. The number of aromatic nitrogens is 2. The third-order valence-corrected chi connectivity index (χ3v) is 7.25. The van der Waals surface area contributed by atoms with Gasteiger partial charge in [-0.05, 0) is 25.8 Å². The fourth-order valence-electron chi connectivity index (χ4n) is 3.24. The quantitative estimate of drug-likeness (QED) is 0.728. The monoisotopic (exact) mass is 449 g/mol. The van der Waals surface area contributed by atoms with Crippen molar-refractivity contribution in [3.8, 4) is 10.4 Å². The number of piperidine rings is 1. The molecule has 2 aromatic heterocycles. The van der Waals surface area contributed by atoms with Crippen LogP contribution >= 0.6 is 11.3 Å². The molecule has 1 aliphatic rings. The zero-order valence-corrected chi connectivity index (χ0v) is 17.8. The van der Waals surface area contributed by atoms with Crippen LogP contribution in [0.4, 0.5) is 24.1 Å². The molecule has 0 aliphatic carbocycles. The van der Waals surface area contributed by atoms with Crippen molar-refractivity contribution in [1.82, 2.24) is 14.3 Å². The van der Waals surface area contributed by atoms with Crippen molar-refractivity contribution in [2.75, 3.05) is 37.0 Å². The average Bonchev–Trinajstić information content (AvgIpc) is 3.01. The Morgan fingerprint density at radius 2 is 1.93 bits per heavy atom. The maximum atomic E-state index is 13.5. The van der Waals surface area contributed by atoms with Crippen LogP contribution in [0.25, 0.3) is 10.4 Å². The summed E-state index contributed by atoms with van der Waals surface area (Å²) in [5, 5.41) is 6.54. The molecule has 0 bridgehead atoms. The zero-order chi connectivity index (χ0) is 21.4. The number of nitrogens with zero attached hydrogens (tertiary/aromatic N) is 3. The zero-order valence-electron chi connectivity index (χ0n) is 16.2. The molecule has 0 atom stereocenters. The van der Waals surface area contributed by atoms with Crippen LogP contribution in [0.2, 0.25) is 0 Å². The molecule has 0 saturated carbocycles. The van der Waals surface area contributed by atoms with Crippen LogP contribution in [0.15, 0.2) is 12.3 Å². The van der Waals surface area contributed by atoms with Gasteiger partial charge < -0.3 is 10.6 Å². The van der Waals surface area contributed by atoms with Crippen LogP contribution < -0.4 is 10.6 Å². The molecule has 0 spiro atoms. The Kier molecular flexibility index (Phi) is 6.06. The summed E-state index contributed by atoms with van der Waals surface area (Å²) in [5.41, 5.74) is -0.284. The number of alkyl halides is 3. The molecule has 0 radical (unpaired) electrons. The highest BCUT2D eigenvalue weighted by Gasteiger charge is 2.35. The molecule has 0 aromatic carbocycles. The third kappa shape index (κ3) is 4.98. The van der Waals surface area contributed by atoms with E-state index in [0.29, 0.717) is 47.5 Å². The lowest BCUT2D eigenvalue weighted by Crippen LogP contribution is -2.41. The van der Waals surface area contributed by atoms with Crippen LogP contribution in [0, 0.1) is 6.92 Å². The van der Waals surface area contributed by atoms with Gasteiger partial charge in [0.2, 0.25) is 10.0 Å². The van der Waals surface area contributed by atoms with E-state index in [1.54, 1.807) is 14.0 Å². The maximum absolute atomic E-state index is 13.5. The number of aryl methyl sites for hydroxylation is 1. The maximum Gasteiger partial charge on any atom is 0.418 e. The number of thiazole rings is 1. The summed E-state index contributed by atoms with van der Waals surface area (Å²) in [4.78, 5) is 8.63. The first-order valence-electron chi connectivity index (χ1n) is 8.93. The van der Waals surface area contributed by atoms with Crippen LogP contribution in [0.3, 0.4) is 0 Å². The van der Waals surface area contributed by atoms with Gasteiger partial charge in [0.05, 0.1) is 22.4 Å². The topological polar surface area (TPSA) is 87.2 Å². The van der Waals surface area contributed by atoms with Gasteiger partial charge in [-0.15, -0.1) is 0 Å². The molecule has 160 valence electrons. The van der Waals surface area contributed by atoms with Crippen molar-refractivity contribution in [3.05, 3.63) is 23.5 Å². The van der Waals surface area contributed by atoms with Crippen LogP contribution in [-0.4, -0.2) is 55.1 Å². The smallest absolute Gasteiger partial charge is 0.367 e. The molecule has 12 heteroatoms. The Hall–Kier alpha value is -1.92. The van der Waals surface area contributed by atoms with Gasteiger partial charge >= 0.3 is 6.18 Å². The minimum atomic E-state index is -4.54. The van der Waals surface area contributed by atoms with E-state index < -0.39 is 21.8 Å². The summed E-state index contributed by atoms with van der Waals surface area (Å²) in [6.07, 6.45) is -1.44. The lowest BCUT2D eigenvalue weighted by Gasteiger charge is -2.31. The Morgan fingerprint density at radius 3 is 2.45 bits per heavy atom. The van der Waals surface area contributed by atoms with Gasteiger partial charge in [-0.1, -0.05) is 11.3 Å². The molecule has 0 unspecified atom stereocenters. The SMILES string of the molecule is CNc1nc(C)c(-c2cc(NC3CCN(S(C)(=O)=O)CC3)ncc2C(F)(F)F)s1. The van der Waals surface area contributed by atoms with E-state index in [1.165, 1.54) is 16.6 Å². The summed E-state index contributed by atoms with van der Waals surface area (Å²) in [5.74, 6) is 0.324. The summed E-state index contributed by atoms with van der Waals surface area (Å²) in [6.45, 7) is 2.40. The standard InChI is InChI=1S/C17H22F3N5O2S2/c1-10-15(28-16(21-2)23-10)12-8-14(22-9-13(12)17(18,19)20)24-11-4-6-25(7-5-11)29(3,26)27/h8-9,11H,4-7H2,1-3H3,(H,21,23)(H,22,24). The van der Waals surface area contributed by atoms with Crippen molar-refractivity contribution in [2.45, 2.75) is 32.0 Å². The molecule has 3 rings (SSSR count). The Bertz CT molecular complexity index is 983. The number of nitrogens with one attached hydrogen (secondary N) is 2. The predicted octanol–water partition coefficient (Wildman–Crippen LogP) is 3.41. The summed E-state index contributed by atoms with van der Waals surface area (Å²) in [7, 11) is -1.58. The van der Waals surface area contributed by atoms with E-state index in [-0.39, 0.29) is 11.6 Å². The van der Waals surface area contributed by atoms with Crippen LogP contribution in [-0.2, 0) is 16.2 Å². The summed E-state index contributed by atoms with van der Waals surface area (Å²) >= 11 is 1.15. The van der Waals surface area contributed by atoms with Gasteiger partial charge in [0.15, 0.2) is 5.13 Å². The number of hydrogen-bond acceptors (Lipinski definition) is 7. The molecule has 1 fully saturated rings. The molecule has 1 saturated heterocycles. The summed E-state index contributed by atoms with van der Waals surface area (Å²) < 4.78 is 65.3. The molecule has 3 heterocycles. The molecule has 0 amide bonds. The highest BCUT2D eigenvalue weighted by molar-refractivity contribution is 7.88. The Morgan fingerprint density at radius 1 is 1.28 bits per heavy atom. The number of rotatable bonds is 5. The molecule has 1 aliphatic heterocycles. The fraction of sp³-hybridized carbons (Fsp3) is 0.529. The highest BCUT2D eigenvalue weighted by Crippen LogP contribution is 2.42. The van der Waals surface area contributed by atoms with E-state index in [0.717, 1.165) is 17.5 Å². The van der Waals surface area contributed by atoms with E-state index in [2.05, 4.69) is 20.6 Å². The number of anilines is 2. The second-order valence-electron chi connectivity index (χ2n) is 6.88. The van der Waals surface area contributed by atoms with Gasteiger partial charge in [-0.2, -0.15) is 13.2 Å². The Labute approximate surface area is 171 Å². The lowest BCUT2D eigenvalue weighted by atomic mass is 10.1. The van der Waals surface area contributed by atoms with Gasteiger partial charge in [0, 0.05) is 37.9 Å². The highest BCUT2D eigenvalue weighted by atomic mass is 32.2. The second kappa shape index (κ2) is 8.07. The normalized spacial score (nSPS) is 16.8. The fourth-order valence-corrected chi connectivity index (χ4v) is 5.07. The number of pyridine rings is 1.